The van der Waals surface area contributed by atoms with E-state index in [0.29, 0.717) is 29.6 Å². The molecule has 31 heavy (non-hydrogen) atoms. The Morgan fingerprint density at radius 2 is 1.84 bits per heavy atom. The molecule has 3 heteroatoms. The number of carbonyl (C=O) groups excluding carboxylic acids is 1. The van der Waals surface area contributed by atoms with E-state index >= 15 is 0 Å². The second-order valence-corrected chi connectivity index (χ2v) is 13.0. The van der Waals surface area contributed by atoms with E-state index in [1.54, 1.807) is 0 Å². The van der Waals surface area contributed by atoms with Crippen LogP contribution in [0.5, 0.6) is 0 Å². The van der Waals surface area contributed by atoms with Gasteiger partial charge in [-0.1, -0.05) is 65.5 Å². The second-order valence-electron chi connectivity index (χ2n) is 13.0. The Labute approximate surface area is 189 Å². The number of ketones is 1. The van der Waals surface area contributed by atoms with Crippen molar-refractivity contribution in [3.63, 3.8) is 0 Å². The zero-order valence-corrected chi connectivity index (χ0v) is 20.4. The summed E-state index contributed by atoms with van der Waals surface area (Å²) in [7, 11) is 0. The molecule has 0 amide bonds. The monoisotopic (exact) mass is 428 g/mol. The van der Waals surface area contributed by atoms with Gasteiger partial charge in [0.15, 0.2) is 5.78 Å². The van der Waals surface area contributed by atoms with Crippen LogP contribution in [0.25, 0.3) is 0 Å². The van der Waals surface area contributed by atoms with Gasteiger partial charge in [-0.3, -0.25) is 4.79 Å². The lowest BCUT2D eigenvalue weighted by atomic mass is 9.46. The first-order valence-corrected chi connectivity index (χ1v) is 13.2. The van der Waals surface area contributed by atoms with E-state index in [2.05, 4.69) is 40.7 Å². The van der Waals surface area contributed by atoms with Gasteiger partial charge in [0.25, 0.3) is 0 Å². The third kappa shape index (κ3) is 2.81. The summed E-state index contributed by atoms with van der Waals surface area (Å²) in [6.07, 6.45) is 12.4. The van der Waals surface area contributed by atoms with Crippen molar-refractivity contribution in [1.29, 1.82) is 0 Å². The molecule has 2 N–H and O–H groups in total. The smallest absolute Gasteiger partial charge is 0.175 e. The molecule has 4 fully saturated rings. The van der Waals surface area contributed by atoms with E-state index < -0.39 is 23.0 Å². The van der Waals surface area contributed by atoms with E-state index in [0.717, 1.165) is 30.6 Å². The van der Waals surface area contributed by atoms with Crippen molar-refractivity contribution < 1.29 is 15.0 Å². The first kappa shape index (κ1) is 22.1. The molecule has 0 aromatic heterocycles. The number of rotatable bonds is 5. The highest BCUT2D eigenvalue weighted by Crippen LogP contribution is 2.72. The quantitative estimate of drug-likeness (QED) is 0.565. The maximum absolute atomic E-state index is 12.7. The van der Waals surface area contributed by atoms with Crippen molar-refractivity contribution in [2.75, 3.05) is 0 Å². The van der Waals surface area contributed by atoms with Crippen LogP contribution in [0.2, 0.25) is 0 Å². The topological polar surface area (TPSA) is 57.5 Å². The standard InChI is InChI=1S/C28H44O3/c1-16(2)7-6-8-17(3)20-11-12-21-19-10-9-18-15-23(29)24-25(30)28(24,31)27(18,5)22(19)13-14-26(20,21)4/h9,16-17,19-24,29,31H,6-8,10-15H2,1-5H3/t17-,19+,20-,21+,22+,23+,24?,26-,27+,28?/m1/s1. The van der Waals surface area contributed by atoms with E-state index in [4.69, 9.17) is 0 Å². The van der Waals surface area contributed by atoms with Crippen molar-refractivity contribution in [3.8, 4) is 0 Å². The lowest BCUT2D eigenvalue weighted by molar-refractivity contribution is -0.134. The molecule has 0 aliphatic heterocycles. The molecule has 4 saturated carbocycles. The first-order chi connectivity index (χ1) is 14.6. The third-order valence-corrected chi connectivity index (χ3v) is 11.3. The van der Waals surface area contributed by atoms with E-state index in [1.807, 2.05) is 0 Å². The molecule has 5 aliphatic carbocycles. The highest BCUT2D eigenvalue weighted by Gasteiger charge is 2.80. The van der Waals surface area contributed by atoms with Gasteiger partial charge in [0.2, 0.25) is 0 Å². The van der Waals surface area contributed by atoms with Gasteiger partial charge in [0.1, 0.15) is 5.60 Å². The van der Waals surface area contributed by atoms with Crippen molar-refractivity contribution in [1.82, 2.24) is 0 Å². The van der Waals surface area contributed by atoms with Crippen molar-refractivity contribution in [2.24, 2.45) is 52.3 Å². The van der Waals surface area contributed by atoms with Crippen molar-refractivity contribution in [3.05, 3.63) is 11.6 Å². The van der Waals surface area contributed by atoms with Crippen LogP contribution < -0.4 is 0 Å². The van der Waals surface area contributed by atoms with E-state index in [9.17, 15) is 15.0 Å². The Balaban J connectivity index is 1.39. The number of aliphatic hydroxyl groups excluding tert-OH is 1. The number of aliphatic hydroxyl groups is 2. The molecular weight excluding hydrogens is 384 g/mol. The fourth-order valence-electron chi connectivity index (χ4n) is 9.60. The summed E-state index contributed by atoms with van der Waals surface area (Å²) >= 11 is 0. The van der Waals surface area contributed by atoms with Gasteiger partial charge in [-0.05, 0) is 79.4 Å². The highest BCUT2D eigenvalue weighted by molar-refractivity contribution is 6.09. The normalized spacial score (nSPS) is 51.5. The second kappa shape index (κ2) is 7.16. The largest absolute Gasteiger partial charge is 0.392 e. The summed E-state index contributed by atoms with van der Waals surface area (Å²) < 4.78 is 0. The van der Waals surface area contributed by atoms with Crippen LogP contribution in [0.4, 0.5) is 0 Å². The molecule has 0 aromatic rings. The predicted molar refractivity (Wildman–Crippen MR) is 123 cm³/mol. The number of carbonyl (C=O) groups is 1. The maximum Gasteiger partial charge on any atom is 0.175 e. The number of hydrogen-bond donors (Lipinski definition) is 2. The summed E-state index contributed by atoms with van der Waals surface area (Å²) in [6, 6.07) is 0. The van der Waals surface area contributed by atoms with Crippen LogP contribution in [-0.2, 0) is 4.79 Å². The van der Waals surface area contributed by atoms with Gasteiger partial charge in [0.05, 0.1) is 12.0 Å². The van der Waals surface area contributed by atoms with Gasteiger partial charge < -0.3 is 10.2 Å². The zero-order chi connectivity index (χ0) is 22.3. The fourth-order valence-corrected chi connectivity index (χ4v) is 9.60. The summed E-state index contributed by atoms with van der Waals surface area (Å²) in [5.41, 5.74) is -0.190. The van der Waals surface area contributed by atoms with Crippen molar-refractivity contribution in [2.45, 2.75) is 104 Å². The Kier molecular flexibility index (Phi) is 5.11. The molecule has 2 unspecified atom stereocenters. The fraction of sp³-hybridized carbons (Fsp3) is 0.893. The van der Waals surface area contributed by atoms with Gasteiger partial charge in [-0.15, -0.1) is 0 Å². The van der Waals surface area contributed by atoms with Crippen LogP contribution >= 0.6 is 0 Å². The minimum atomic E-state index is -1.31. The summed E-state index contributed by atoms with van der Waals surface area (Å²) in [5, 5.41) is 22.0. The average Bonchev–Trinajstić information content (AvgIpc) is 3.10. The number of allylic oxidation sites excluding steroid dienone is 1. The molecule has 0 bridgehead atoms. The summed E-state index contributed by atoms with van der Waals surface area (Å²) in [5.74, 6) is 3.44. The number of fused-ring (bicyclic) bond motifs is 7. The lowest BCUT2D eigenvalue weighted by Gasteiger charge is -2.59. The molecule has 5 rings (SSSR count). The lowest BCUT2D eigenvalue weighted by Crippen LogP contribution is -2.57. The minimum absolute atomic E-state index is 0.0945. The molecule has 0 radical (unpaired) electrons. The SMILES string of the molecule is CC(C)CCC[C@@H](C)[C@H]1CC[C@H]2[C@@H]3CC=C4C[C@H](O)C5C(=O)C5(O)[C@]4(C)[C@H]3CC[C@]12C. The van der Waals surface area contributed by atoms with Crippen LogP contribution in [0, 0.1) is 52.3 Å². The molecule has 174 valence electrons. The van der Waals surface area contributed by atoms with Gasteiger partial charge in [0, 0.05) is 5.41 Å². The Morgan fingerprint density at radius 1 is 1.10 bits per heavy atom. The number of hydrogen-bond acceptors (Lipinski definition) is 3. The van der Waals surface area contributed by atoms with Crippen LogP contribution in [0.3, 0.4) is 0 Å². The van der Waals surface area contributed by atoms with Gasteiger partial charge in [-0.25, -0.2) is 0 Å². The molecule has 10 atom stereocenters. The summed E-state index contributed by atoms with van der Waals surface area (Å²) in [6.45, 7) is 11.9. The maximum atomic E-state index is 12.7. The van der Waals surface area contributed by atoms with Gasteiger partial charge in [-0.2, -0.15) is 0 Å². The Bertz CT molecular complexity index is 785. The van der Waals surface area contributed by atoms with Crippen LogP contribution in [0.15, 0.2) is 11.6 Å². The molecule has 0 saturated heterocycles. The molecule has 3 nitrogen and oxygen atoms in total. The summed E-state index contributed by atoms with van der Waals surface area (Å²) in [4.78, 5) is 12.7. The molecule has 0 aromatic carbocycles. The molecule has 0 spiro atoms. The first-order valence-electron chi connectivity index (χ1n) is 13.2. The van der Waals surface area contributed by atoms with E-state index in [1.165, 1.54) is 44.1 Å². The average molecular weight is 429 g/mol. The Morgan fingerprint density at radius 3 is 2.55 bits per heavy atom. The third-order valence-electron chi connectivity index (χ3n) is 11.3. The van der Waals surface area contributed by atoms with Crippen LogP contribution in [0.1, 0.15) is 92.4 Å². The van der Waals surface area contributed by atoms with Crippen molar-refractivity contribution >= 4 is 5.78 Å². The molecular formula is C28H44O3. The minimum Gasteiger partial charge on any atom is -0.392 e. The van der Waals surface area contributed by atoms with Gasteiger partial charge >= 0.3 is 0 Å². The predicted octanol–water partition coefficient (Wildman–Crippen LogP) is 5.54. The zero-order valence-electron chi connectivity index (χ0n) is 20.4. The molecule has 0 heterocycles. The highest BCUT2D eigenvalue weighted by atomic mass is 16.3. The molecule has 5 aliphatic rings. The van der Waals surface area contributed by atoms with E-state index in [-0.39, 0.29) is 5.78 Å². The number of Topliss-reactive ketones (excluding diaryl/α,β-unsaturated/α-hetero) is 1. The van der Waals surface area contributed by atoms with Crippen LogP contribution in [-0.4, -0.2) is 27.7 Å². The Hall–Kier alpha value is -0.670.